The normalized spacial score (nSPS) is 18.1. The van der Waals surface area contributed by atoms with Crippen molar-refractivity contribution in [3.63, 3.8) is 0 Å². The van der Waals surface area contributed by atoms with Crippen molar-refractivity contribution in [1.82, 2.24) is 4.98 Å². The van der Waals surface area contributed by atoms with E-state index in [1.165, 1.54) is 6.07 Å². The van der Waals surface area contributed by atoms with Crippen molar-refractivity contribution in [1.29, 1.82) is 0 Å². The molecule has 0 saturated carbocycles. The van der Waals surface area contributed by atoms with E-state index in [2.05, 4.69) is 20.8 Å². The SMILES string of the molecule is CC(C)(C)C1C/C(=C/c2ccccc2F)c2nc3ccccc3c(C(=O)O)c2C1. The predicted molar refractivity (Wildman–Crippen MR) is 114 cm³/mol. The molecule has 1 aromatic heterocycles. The molecule has 0 spiro atoms. The van der Waals surface area contributed by atoms with E-state index < -0.39 is 5.97 Å². The molecular formula is C25H24FNO2. The molecule has 0 bridgehead atoms. The maximum Gasteiger partial charge on any atom is 0.336 e. The lowest BCUT2D eigenvalue weighted by atomic mass is 9.69. The van der Waals surface area contributed by atoms with E-state index in [0.717, 1.165) is 17.6 Å². The molecule has 4 rings (SSSR count). The maximum absolute atomic E-state index is 14.4. The molecule has 3 aromatic rings. The number of rotatable bonds is 2. The van der Waals surface area contributed by atoms with Crippen LogP contribution >= 0.6 is 0 Å². The minimum atomic E-state index is -0.945. The molecule has 0 amide bonds. The molecule has 1 heterocycles. The van der Waals surface area contributed by atoms with Crippen molar-refractivity contribution in [2.24, 2.45) is 11.3 Å². The molecule has 1 aliphatic carbocycles. The lowest BCUT2D eigenvalue weighted by molar-refractivity contribution is 0.0696. The number of aromatic carboxylic acids is 1. The summed E-state index contributed by atoms with van der Waals surface area (Å²) >= 11 is 0. The second-order valence-electron chi connectivity index (χ2n) is 8.80. The van der Waals surface area contributed by atoms with Gasteiger partial charge in [0.2, 0.25) is 0 Å². The molecule has 1 N–H and O–H groups in total. The van der Waals surface area contributed by atoms with Crippen molar-refractivity contribution in [3.05, 3.63) is 76.7 Å². The number of carboxylic acid groups (broad SMARTS) is 1. The van der Waals surface area contributed by atoms with Gasteiger partial charge in [0.15, 0.2) is 0 Å². The first-order chi connectivity index (χ1) is 13.8. The zero-order valence-electron chi connectivity index (χ0n) is 16.9. The highest BCUT2D eigenvalue weighted by molar-refractivity contribution is 6.06. The van der Waals surface area contributed by atoms with Crippen LogP contribution in [0.3, 0.4) is 0 Å². The summed E-state index contributed by atoms with van der Waals surface area (Å²) in [5.41, 5.74) is 3.78. The molecule has 4 heteroatoms. The summed E-state index contributed by atoms with van der Waals surface area (Å²) in [4.78, 5) is 17.1. The van der Waals surface area contributed by atoms with Crippen LogP contribution in [0.1, 0.15) is 54.4 Å². The Morgan fingerprint density at radius 2 is 1.79 bits per heavy atom. The zero-order valence-corrected chi connectivity index (χ0v) is 16.9. The van der Waals surface area contributed by atoms with Crippen LogP contribution < -0.4 is 0 Å². The molecule has 3 nitrogen and oxygen atoms in total. The Labute approximate surface area is 169 Å². The van der Waals surface area contributed by atoms with E-state index in [4.69, 9.17) is 4.98 Å². The standard InChI is InChI=1S/C25H24FNO2/c1-25(2,3)17-13-16(12-15-8-4-6-10-20(15)26)23-19(14-17)22(24(28)29)18-9-5-7-11-21(18)27-23/h4-12,17H,13-14H2,1-3H3,(H,28,29)/b16-12-. The highest BCUT2D eigenvalue weighted by Gasteiger charge is 2.35. The molecule has 29 heavy (non-hydrogen) atoms. The Morgan fingerprint density at radius 3 is 2.48 bits per heavy atom. The van der Waals surface area contributed by atoms with Crippen molar-refractivity contribution in [2.75, 3.05) is 0 Å². The summed E-state index contributed by atoms with van der Waals surface area (Å²) in [5, 5.41) is 10.7. The highest BCUT2D eigenvalue weighted by Crippen LogP contribution is 2.44. The first-order valence-corrected chi connectivity index (χ1v) is 9.86. The van der Waals surface area contributed by atoms with E-state index in [1.807, 2.05) is 30.3 Å². The van der Waals surface area contributed by atoms with Crippen molar-refractivity contribution in [3.8, 4) is 0 Å². The summed E-state index contributed by atoms with van der Waals surface area (Å²) in [6.07, 6.45) is 3.21. The summed E-state index contributed by atoms with van der Waals surface area (Å²) < 4.78 is 14.4. The number of hydrogen-bond donors (Lipinski definition) is 1. The molecule has 2 aromatic carbocycles. The Hall–Kier alpha value is -3.01. The van der Waals surface area contributed by atoms with Gasteiger partial charge in [0.25, 0.3) is 0 Å². The highest BCUT2D eigenvalue weighted by atomic mass is 19.1. The van der Waals surface area contributed by atoms with Gasteiger partial charge in [0, 0.05) is 10.9 Å². The number of aromatic nitrogens is 1. The molecule has 1 unspecified atom stereocenters. The van der Waals surface area contributed by atoms with Crippen LogP contribution in [0, 0.1) is 17.2 Å². The van der Waals surface area contributed by atoms with Gasteiger partial charge >= 0.3 is 5.97 Å². The molecule has 0 saturated heterocycles. The molecule has 148 valence electrons. The Kier molecular flexibility index (Phi) is 4.73. The van der Waals surface area contributed by atoms with E-state index in [-0.39, 0.29) is 17.2 Å². The molecule has 0 fully saturated rings. The third kappa shape index (κ3) is 3.55. The monoisotopic (exact) mass is 389 g/mol. The van der Waals surface area contributed by atoms with Gasteiger partial charge in [-0.3, -0.25) is 0 Å². The van der Waals surface area contributed by atoms with Gasteiger partial charge < -0.3 is 5.11 Å². The van der Waals surface area contributed by atoms with Crippen LogP contribution in [-0.4, -0.2) is 16.1 Å². The third-order valence-electron chi connectivity index (χ3n) is 5.89. The summed E-state index contributed by atoms with van der Waals surface area (Å²) in [6.45, 7) is 6.49. The maximum atomic E-state index is 14.4. The number of pyridine rings is 1. The van der Waals surface area contributed by atoms with Gasteiger partial charge in [-0.1, -0.05) is 57.2 Å². The lowest BCUT2D eigenvalue weighted by Crippen LogP contribution is -2.28. The minimum absolute atomic E-state index is 0.0204. The first kappa shape index (κ1) is 19.3. The van der Waals surface area contributed by atoms with Crippen molar-refractivity contribution in [2.45, 2.75) is 33.6 Å². The molecular weight excluding hydrogens is 365 g/mol. The first-order valence-electron chi connectivity index (χ1n) is 9.86. The molecule has 0 aliphatic heterocycles. The smallest absolute Gasteiger partial charge is 0.336 e. The zero-order chi connectivity index (χ0) is 20.8. The summed E-state index contributed by atoms with van der Waals surface area (Å²) in [6, 6.07) is 14.0. The van der Waals surface area contributed by atoms with Crippen molar-refractivity contribution < 1.29 is 14.3 Å². The second-order valence-corrected chi connectivity index (χ2v) is 8.80. The number of carboxylic acids is 1. The van der Waals surface area contributed by atoms with Gasteiger partial charge in [-0.15, -0.1) is 0 Å². The average Bonchev–Trinajstić information content (AvgIpc) is 2.67. The van der Waals surface area contributed by atoms with E-state index >= 15 is 0 Å². The second kappa shape index (κ2) is 7.11. The fourth-order valence-corrected chi connectivity index (χ4v) is 4.16. The fourth-order valence-electron chi connectivity index (χ4n) is 4.16. The van der Waals surface area contributed by atoms with Gasteiger partial charge in [-0.05, 0) is 53.5 Å². The number of hydrogen-bond acceptors (Lipinski definition) is 2. The number of para-hydroxylation sites is 1. The number of allylic oxidation sites excluding steroid dienone is 1. The van der Waals surface area contributed by atoms with Gasteiger partial charge in [0.1, 0.15) is 5.82 Å². The van der Waals surface area contributed by atoms with Crippen LogP contribution in [0.5, 0.6) is 0 Å². The van der Waals surface area contributed by atoms with E-state index in [1.54, 1.807) is 18.2 Å². The Balaban J connectivity index is 2.02. The quantitative estimate of drug-likeness (QED) is 0.566. The van der Waals surface area contributed by atoms with Crippen molar-refractivity contribution >= 4 is 28.5 Å². The van der Waals surface area contributed by atoms with Crippen LogP contribution in [0.25, 0.3) is 22.6 Å². The predicted octanol–water partition coefficient (Wildman–Crippen LogP) is 6.22. The lowest BCUT2D eigenvalue weighted by Gasteiger charge is -2.36. The largest absolute Gasteiger partial charge is 0.478 e. The minimum Gasteiger partial charge on any atom is -0.478 e. The van der Waals surface area contributed by atoms with Crippen LogP contribution in [0.2, 0.25) is 0 Å². The number of fused-ring (bicyclic) bond motifs is 2. The molecule has 0 radical (unpaired) electrons. The number of carbonyl (C=O) groups is 1. The fraction of sp³-hybridized carbons (Fsp3) is 0.280. The Morgan fingerprint density at radius 1 is 1.10 bits per heavy atom. The number of benzene rings is 2. The molecule has 1 atom stereocenters. The Bertz CT molecular complexity index is 1140. The summed E-state index contributed by atoms with van der Waals surface area (Å²) in [5.74, 6) is -1.01. The average molecular weight is 389 g/mol. The van der Waals surface area contributed by atoms with Crippen LogP contribution in [0.15, 0.2) is 48.5 Å². The number of nitrogens with zero attached hydrogens (tertiary/aromatic N) is 1. The van der Waals surface area contributed by atoms with Gasteiger partial charge in [-0.2, -0.15) is 0 Å². The van der Waals surface area contributed by atoms with E-state index in [0.29, 0.717) is 34.1 Å². The van der Waals surface area contributed by atoms with E-state index in [9.17, 15) is 14.3 Å². The topological polar surface area (TPSA) is 50.2 Å². The molecule has 1 aliphatic rings. The van der Waals surface area contributed by atoms with Gasteiger partial charge in [0.05, 0.1) is 16.8 Å². The number of halogens is 1. The van der Waals surface area contributed by atoms with Crippen LogP contribution in [-0.2, 0) is 6.42 Å². The summed E-state index contributed by atoms with van der Waals surface area (Å²) in [7, 11) is 0. The van der Waals surface area contributed by atoms with Crippen LogP contribution in [0.4, 0.5) is 4.39 Å². The van der Waals surface area contributed by atoms with Gasteiger partial charge in [-0.25, -0.2) is 14.2 Å². The third-order valence-corrected chi connectivity index (χ3v) is 5.89.